The smallest absolute Gasteiger partial charge is 0.272 e. The van der Waals surface area contributed by atoms with Crippen molar-refractivity contribution in [3.05, 3.63) is 101 Å². The van der Waals surface area contributed by atoms with E-state index in [4.69, 9.17) is 4.74 Å². The maximum absolute atomic E-state index is 13.2. The number of anilines is 1. The number of methoxy groups -OCH3 is 1. The number of carbonyl (C=O) groups excluding carboxylic acids is 3. The Morgan fingerprint density at radius 3 is 2.32 bits per heavy atom. The molecule has 0 aliphatic heterocycles. The first-order chi connectivity index (χ1) is 16.4. The molecule has 0 saturated heterocycles. The van der Waals surface area contributed by atoms with E-state index in [0.717, 1.165) is 10.9 Å². The second kappa shape index (κ2) is 9.87. The summed E-state index contributed by atoms with van der Waals surface area (Å²) in [6.07, 6.45) is 3.37. The Bertz CT molecular complexity index is 1390. The highest BCUT2D eigenvalue weighted by Crippen LogP contribution is 2.25. The molecule has 3 N–H and O–H groups in total. The molecule has 0 bridgehead atoms. The van der Waals surface area contributed by atoms with Gasteiger partial charge in [0.2, 0.25) is 0 Å². The van der Waals surface area contributed by atoms with Crippen LogP contribution in [0.25, 0.3) is 17.0 Å². The highest BCUT2D eigenvalue weighted by Gasteiger charge is 2.16. The predicted octanol–water partition coefficient (Wildman–Crippen LogP) is 4.79. The number of hydrogen-bond acceptors (Lipinski definition) is 4. The fraction of sp³-hybridized carbons (Fsp3) is 0.0741. The average molecular weight is 453 g/mol. The maximum atomic E-state index is 13.2. The number of rotatable bonds is 7. The summed E-state index contributed by atoms with van der Waals surface area (Å²) in [7, 11) is 1.58. The van der Waals surface area contributed by atoms with E-state index in [1.54, 1.807) is 67.9 Å². The van der Waals surface area contributed by atoms with Gasteiger partial charge in [-0.15, -0.1) is 0 Å². The van der Waals surface area contributed by atoms with Crippen LogP contribution in [0.5, 0.6) is 5.75 Å². The number of amides is 2. The molecule has 0 fully saturated rings. The highest BCUT2D eigenvalue weighted by molar-refractivity contribution is 6.11. The number of fused-ring (bicyclic) bond motifs is 1. The van der Waals surface area contributed by atoms with Crippen LogP contribution in [0.15, 0.2) is 84.7 Å². The van der Waals surface area contributed by atoms with Gasteiger partial charge in [-0.25, -0.2) is 0 Å². The topological polar surface area (TPSA) is 100 Å². The molecule has 3 aromatic carbocycles. The van der Waals surface area contributed by atoms with Crippen LogP contribution >= 0.6 is 0 Å². The van der Waals surface area contributed by atoms with Crippen LogP contribution < -0.4 is 15.4 Å². The molecule has 0 spiro atoms. The zero-order valence-corrected chi connectivity index (χ0v) is 18.7. The van der Waals surface area contributed by atoms with Gasteiger partial charge in [0.15, 0.2) is 5.78 Å². The molecule has 0 aliphatic rings. The van der Waals surface area contributed by atoms with Crippen molar-refractivity contribution < 1.29 is 19.1 Å². The standard InChI is InChI=1S/C27H23N3O4/c1-17(31)18-8-10-21(11-9-18)29-27(33)25(30-26(32)19-6-4-3-5-7-19)14-20-16-28-24-13-12-22(34-2)15-23(20)24/h3-16,28H,1-2H3,(H,29,33)(H,30,32)/b25-14+. The van der Waals surface area contributed by atoms with Gasteiger partial charge >= 0.3 is 0 Å². The number of Topliss-reactive ketones (excluding diaryl/α,β-unsaturated/α-hetero) is 1. The van der Waals surface area contributed by atoms with E-state index in [-0.39, 0.29) is 11.5 Å². The van der Waals surface area contributed by atoms with E-state index >= 15 is 0 Å². The summed E-state index contributed by atoms with van der Waals surface area (Å²) in [5.74, 6) is -0.307. The van der Waals surface area contributed by atoms with Gasteiger partial charge in [0, 0.05) is 39.5 Å². The van der Waals surface area contributed by atoms with Gasteiger partial charge < -0.3 is 20.4 Å². The van der Waals surface area contributed by atoms with Gasteiger partial charge in [0.05, 0.1) is 7.11 Å². The molecule has 1 aromatic heterocycles. The molecule has 170 valence electrons. The summed E-state index contributed by atoms with van der Waals surface area (Å²) in [5, 5.41) is 6.34. The number of carbonyl (C=O) groups is 3. The number of aromatic amines is 1. The van der Waals surface area contributed by atoms with E-state index in [9.17, 15) is 14.4 Å². The lowest BCUT2D eigenvalue weighted by molar-refractivity contribution is -0.113. The molecule has 0 aliphatic carbocycles. The van der Waals surface area contributed by atoms with Crippen LogP contribution in [-0.4, -0.2) is 29.7 Å². The lowest BCUT2D eigenvalue weighted by Crippen LogP contribution is -2.30. The third-order valence-corrected chi connectivity index (χ3v) is 5.30. The van der Waals surface area contributed by atoms with Gasteiger partial charge in [-0.3, -0.25) is 14.4 Å². The quantitative estimate of drug-likeness (QED) is 0.277. The minimum absolute atomic E-state index is 0.0632. The molecule has 1 heterocycles. The van der Waals surface area contributed by atoms with Crippen molar-refractivity contribution in [1.29, 1.82) is 0 Å². The van der Waals surface area contributed by atoms with Crippen molar-refractivity contribution in [2.45, 2.75) is 6.92 Å². The second-order valence-corrected chi connectivity index (χ2v) is 7.62. The molecular weight excluding hydrogens is 430 g/mol. The summed E-state index contributed by atoms with van der Waals surface area (Å²) in [5.41, 5.74) is 3.09. The first-order valence-electron chi connectivity index (χ1n) is 10.6. The van der Waals surface area contributed by atoms with Gasteiger partial charge in [-0.05, 0) is 67.6 Å². The highest BCUT2D eigenvalue weighted by atomic mass is 16.5. The summed E-state index contributed by atoms with van der Waals surface area (Å²) in [6, 6.07) is 20.8. The van der Waals surface area contributed by atoms with Crippen LogP contribution in [0.2, 0.25) is 0 Å². The summed E-state index contributed by atoms with van der Waals surface area (Å²) < 4.78 is 5.32. The lowest BCUT2D eigenvalue weighted by atomic mass is 10.1. The predicted molar refractivity (Wildman–Crippen MR) is 132 cm³/mol. The normalized spacial score (nSPS) is 11.2. The molecule has 0 atom stereocenters. The van der Waals surface area contributed by atoms with E-state index in [1.807, 2.05) is 24.3 Å². The van der Waals surface area contributed by atoms with Crippen molar-refractivity contribution >= 4 is 40.3 Å². The molecule has 7 heteroatoms. The number of nitrogens with one attached hydrogen (secondary N) is 3. The van der Waals surface area contributed by atoms with Crippen LogP contribution in [0.3, 0.4) is 0 Å². The molecule has 4 rings (SSSR count). The van der Waals surface area contributed by atoms with Crippen molar-refractivity contribution in [2.75, 3.05) is 12.4 Å². The molecule has 0 radical (unpaired) electrons. The Morgan fingerprint density at radius 2 is 1.65 bits per heavy atom. The second-order valence-electron chi connectivity index (χ2n) is 7.62. The van der Waals surface area contributed by atoms with E-state index in [0.29, 0.717) is 28.1 Å². The monoisotopic (exact) mass is 453 g/mol. The van der Waals surface area contributed by atoms with Gasteiger partial charge in [-0.2, -0.15) is 0 Å². The fourth-order valence-corrected chi connectivity index (χ4v) is 3.45. The molecule has 0 saturated carbocycles. The van der Waals surface area contributed by atoms with Gasteiger partial charge in [0.25, 0.3) is 11.8 Å². The maximum Gasteiger partial charge on any atom is 0.272 e. The number of H-pyrrole nitrogens is 1. The van der Waals surface area contributed by atoms with E-state index in [1.165, 1.54) is 6.92 Å². The first kappa shape index (κ1) is 22.5. The molecule has 7 nitrogen and oxygen atoms in total. The lowest BCUT2D eigenvalue weighted by Gasteiger charge is -2.11. The zero-order chi connectivity index (χ0) is 24.1. The minimum atomic E-state index is -0.503. The van der Waals surface area contributed by atoms with Crippen molar-refractivity contribution in [3.63, 3.8) is 0 Å². The van der Waals surface area contributed by atoms with Crippen molar-refractivity contribution in [3.8, 4) is 5.75 Å². The Morgan fingerprint density at radius 1 is 0.912 bits per heavy atom. The summed E-state index contributed by atoms with van der Waals surface area (Å²) in [4.78, 5) is 40.7. The van der Waals surface area contributed by atoms with Crippen molar-refractivity contribution in [2.24, 2.45) is 0 Å². The van der Waals surface area contributed by atoms with E-state index in [2.05, 4.69) is 15.6 Å². The van der Waals surface area contributed by atoms with Crippen LogP contribution in [0.4, 0.5) is 5.69 Å². The Balaban J connectivity index is 1.68. The van der Waals surface area contributed by atoms with Crippen LogP contribution in [-0.2, 0) is 4.79 Å². The van der Waals surface area contributed by atoms with Gasteiger partial charge in [0.1, 0.15) is 11.4 Å². The van der Waals surface area contributed by atoms with Crippen molar-refractivity contribution in [1.82, 2.24) is 10.3 Å². The third-order valence-electron chi connectivity index (χ3n) is 5.30. The molecule has 4 aromatic rings. The first-order valence-corrected chi connectivity index (χ1v) is 10.6. The van der Waals surface area contributed by atoms with Crippen LogP contribution in [0.1, 0.15) is 33.2 Å². The molecule has 0 unspecified atom stereocenters. The number of benzene rings is 3. The van der Waals surface area contributed by atoms with Gasteiger partial charge in [-0.1, -0.05) is 18.2 Å². The SMILES string of the molecule is COc1ccc2[nH]cc(/C=C(/NC(=O)c3ccccc3)C(=O)Nc3ccc(C(C)=O)cc3)c2c1. The molecular formula is C27H23N3O4. The number of hydrogen-bond donors (Lipinski definition) is 3. The number of ether oxygens (including phenoxy) is 1. The minimum Gasteiger partial charge on any atom is -0.497 e. The summed E-state index contributed by atoms with van der Waals surface area (Å²) >= 11 is 0. The summed E-state index contributed by atoms with van der Waals surface area (Å²) in [6.45, 7) is 1.48. The van der Waals surface area contributed by atoms with Crippen LogP contribution in [0, 0.1) is 0 Å². The Kier molecular flexibility index (Phi) is 6.54. The fourth-order valence-electron chi connectivity index (χ4n) is 3.45. The zero-order valence-electron chi connectivity index (χ0n) is 18.7. The third kappa shape index (κ3) is 5.05. The molecule has 34 heavy (non-hydrogen) atoms. The largest absolute Gasteiger partial charge is 0.497 e. The Hall–Kier alpha value is -4.65. The number of ketones is 1. The average Bonchev–Trinajstić information content (AvgIpc) is 3.26. The number of aromatic nitrogens is 1. The van der Waals surface area contributed by atoms with E-state index < -0.39 is 11.8 Å². The molecule has 2 amide bonds. The Labute approximate surface area is 196 Å².